The molecule has 0 N–H and O–H groups in total. The van der Waals surface area contributed by atoms with Crippen LogP contribution in [0.1, 0.15) is 16.7 Å². The first-order valence-corrected chi connectivity index (χ1v) is 33.5. The van der Waals surface area contributed by atoms with Gasteiger partial charge in [-0.2, -0.15) is 0 Å². The molecule has 10 rings (SSSR count). The van der Waals surface area contributed by atoms with Crippen LogP contribution in [0.2, 0.25) is 58.9 Å². The fraction of sp³-hybridized carbons (Fsp3) is 0.186. The zero-order chi connectivity index (χ0) is 44.8. The highest BCUT2D eigenvalue weighted by Crippen LogP contribution is 2.63. The maximum absolute atomic E-state index is 2.66. The Morgan fingerprint density at radius 3 is 1.50 bits per heavy atom. The van der Waals surface area contributed by atoms with Gasteiger partial charge in [-0.05, 0) is 133 Å². The molecule has 0 fully saturated rings. The van der Waals surface area contributed by atoms with Crippen LogP contribution >= 0.6 is 0 Å². The van der Waals surface area contributed by atoms with Crippen molar-refractivity contribution < 1.29 is 0 Å². The van der Waals surface area contributed by atoms with Gasteiger partial charge in [0.2, 0.25) is 0 Å². The van der Waals surface area contributed by atoms with E-state index in [2.05, 4.69) is 258 Å². The summed E-state index contributed by atoms with van der Waals surface area (Å²) < 4.78 is -0.0891. The van der Waals surface area contributed by atoms with Crippen LogP contribution < -0.4 is 15.0 Å². The van der Waals surface area contributed by atoms with Crippen LogP contribution in [0.3, 0.4) is 0 Å². The molecular weight excluding hydrogens is 821 g/mol. The minimum Gasteiger partial charge on any atom is -0.311 e. The van der Waals surface area contributed by atoms with Crippen molar-refractivity contribution in [3.63, 3.8) is 0 Å². The van der Waals surface area contributed by atoms with Crippen molar-refractivity contribution in [2.24, 2.45) is 0 Å². The molecule has 318 valence electrons. The highest BCUT2D eigenvalue weighted by Gasteiger charge is 2.60. The maximum atomic E-state index is 2.66. The summed E-state index contributed by atoms with van der Waals surface area (Å²) in [5.41, 5.74) is 14.5. The first-order valence-electron chi connectivity index (χ1n) is 23.0. The Balaban J connectivity index is 1.27. The molecule has 0 aliphatic heterocycles. The van der Waals surface area contributed by atoms with Gasteiger partial charge in [-0.25, -0.2) is 0 Å². The summed E-state index contributed by atoms with van der Waals surface area (Å²) in [4.78, 5) is 4.95. The van der Waals surface area contributed by atoms with Gasteiger partial charge in [0.15, 0.2) is 0 Å². The van der Waals surface area contributed by atoms with Gasteiger partial charge in [-0.3, -0.25) is 0 Å². The predicted octanol–water partition coefficient (Wildman–Crippen LogP) is 17.0. The van der Waals surface area contributed by atoms with Crippen molar-refractivity contribution in [1.29, 1.82) is 0 Å². The molecule has 0 unspecified atom stereocenters. The summed E-state index contributed by atoms with van der Waals surface area (Å²) in [7, 11) is -5.91. The number of hydrogen-bond acceptors (Lipinski definition) is 2. The molecule has 0 spiro atoms. The molecule has 0 atom stereocenters. The number of benzene rings is 9. The second kappa shape index (κ2) is 15.3. The Bertz CT molecular complexity index is 3230. The first-order chi connectivity index (χ1) is 30.6. The molecule has 1 aliphatic carbocycles. The van der Waals surface area contributed by atoms with Crippen molar-refractivity contribution in [3.05, 3.63) is 199 Å². The van der Waals surface area contributed by atoms with Crippen molar-refractivity contribution in [1.82, 2.24) is 0 Å². The van der Waals surface area contributed by atoms with Gasteiger partial charge in [0, 0.05) is 38.8 Å². The monoisotopic (exact) mass is 880 g/mol. The third-order valence-electron chi connectivity index (χ3n) is 14.1. The number of anilines is 6. The maximum Gasteiger partial charge on any atom is 0.0803 e. The van der Waals surface area contributed by atoms with Gasteiger partial charge < -0.3 is 9.80 Å². The van der Waals surface area contributed by atoms with Crippen LogP contribution in [0.4, 0.5) is 34.1 Å². The molecule has 1 aliphatic rings. The van der Waals surface area contributed by atoms with Crippen LogP contribution in [-0.4, -0.2) is 24.2 Å². The molecular formula is C59H60N2Si3. The molecule has 0 aromatic heterocycles. The van der Waals surface area contributed by atoms with Gasteiger partial charge in [0.1, 0.15) is 0 Å². The topological polar surface area (TPSA) is 6.48 Å². The molecule has 0 radical (unpaired) electrons. The molecule has 0 saturated heterocycles. The zero-order valence-corrected chi connectivity index (χ0v) is 42.2. The number of nitrogens with zero attached hydrogens (tertiary/aromatic N) is 2. The molecule has 0 amide bonds. The zero-order valence-electron chi connectivity index (χ0n) is 39.2. The van der Waals surface area contributed by atoms with Crippen molar-refractivity contribution >= 4 is 95.9 Å². The summed E-state index contributed by atoms with van der Waals surface area (Å²) in [6, 6.07) is 68.7. The normalized spacial score (nSPS) is 13.6. The van der Waals surface area contributed by atoms with E-state index in [4.69, 9.17) is 0 Å². The van der Waals surface area contributed by atoms with Gasteiger partial charge >= 0.3 is 0 Å². The Kier molecular flexibility index (Phi) is 10.1. The van der Waals surface area contributed by atoms with Crippen molar-refractivity contribution in [3.8, 4) is 11.1 Å². The fourth-order valence-corrected chi connectivity index (χ4v) is 26.5. The van der Waals surface area contributed by atoms with E-state index in [9.17, 15) is 0 Å². The molecule has 0 bridgehead atoms. The van der Waals surface area contributed by atoms with Crippen LogP contribution in [0.25, 0.3) is 43.4 Å². The van der Waals surface area contributed by atoms with Crippen LogP contribution in [0.5, 0.6) is 0 Å². The Morgan fingerprint density at radius 2 is 0.891 bits per heavy atom. The van der Waals surface area contributed by atoms with Crippen LogP contribution in [-0.2, 0) is 4.66 Å². The smallest absolute Gasteiger partial charge is 0.0803 e. The van der Waals surface area contributed by atoms with Crippen molar-refractivity contribution in [2.45, 2.75) is 70.5 Å². The first kappa shape index (κ1) is 42.0. The Hall–Kier alpha value is -5.99. The quantitative estimate of drug-likeness (QED) is 0.105. The molecule has 0 saturated carbocycles. The lowest BCUT2D eigenvalue weighted by Crippen LogP contribution is -2.63. The highest BCUT2D eigenvalue weighted by atomic mass is 28.4. The van der Waals surface area contributed by atoms with E-state index in [-0.39, 0.29) is 4.66 Å². The van der Waals surface area contributed by atoms with E-state index >= 15 is 0 Å². The van der Waals surface area contributed by atoms with E-state index in [0.29, 0.717) is 0 Å². The standard InChI is InChI=1S/C59H60N2Si3/c1-41-23-17-20-30-53(41)60(43-24-13-11-14-25-43)46-35-38-50-52(40-46)48-28-18-19-29-49(48)56-51-36-33-42-39-45(34-37-47(42)57(51)59(58(50)56,63(5,6)7)64(8,9)10)61(44-26-15-12-16-27-44)54-31-21-22-32-55(54)62(2,3)4/h11-40H,1-10H3. The second-order valence-corrected chi connectivity index (χ2v) is 37.1. The number of rotatable bonds is 9. The second-order valence-electron chi connectivity index (χ2n) is 21.1. The number of hydrogen-bond donors (Lipinski definition) is 0. The molecule has 2 nitrogen and oxygen atoms in total. The average molecular weight is 881 g/mol. The van der Waals surface area contributed by atoms with Crippen molar-refractivity contribution in [2.75, 3.05) is 9.80 Å². The van der Waals surface area contributed by atoms with Gasteiger partial charge in [-0.15, -0.1) is 0 Å². The predicted molar refractivity (Wildman–Crippen MR) is 289 cm³/mol. The molecule has 9 aromatic rings. The van der Waals surface area contributed by atoms with Crippen LogP contribution in [0.15, 0.2) is 182 Å². The van der Waals surface area contributed by atoms with Gasteiger partial charge in [0.25, 0.3) is 0 Å². The number of aryl methyl sites for hydroxylation is 1. The lowest BCUT2D eigenvalue weighted by Gasteiger charge is -2.52. The fourth-order valence-electron chi connectivity index (χ4n) is 11.9. The lowest BCUT2D eigenvalue weighted by atomic mass is 9.91. The summed E-state index contributed by atoms with van der Waals surface area (Å²) in [6.07, 6.45) is 0. The molecule has 9 aromatic carbocycles. The van der Waals surface area contributed by atoms with Gasteiger partial charge in [0.05, 0.1) is 24.2 Å². The Morgan fingerprint density at radius 1 is 0.375 bits per heavy atom. The summed E-state index contributed by atoms with van der Waals surface area (Å²) in [6.45, 7) is 25.6. The minimum absolute atomic E-state index is 0.0891. The van der Waals surface area contributed by atoms with Crippen LogP contribution in [0, 0.1) is 6.92 Å². The third-order valence-corrected chi connectivity index (χ3v) is 26.2. The molecule has 64 heavy (non-hydrogen) atoms. The lowest BCUT2D eigenvalue weighted by molar-refractivity contribution is 0.973. The number of para-hydroxylation sites is 4. The number of fused-ring (bicyclic) bond motifs is 10. The third kappa shape index (κ3) is 6.46. The van der Waals surface area contributed by atoms with E-state index in [1.807, 2.05) is 0 Å². The highest BCUT2D eigenvalue weighted by molar-refractivity contribution is 7.00. The van der Waals surface area contributed by atoms with Gasteiger partial charge in [-0.1, -0.05) is 180 Å². The Labute approximate surface area is 383 Å². The van der Waals surface area contributed by atoms with E-state index in [0.717, 1.165) is 5.69 Å². The van der Waals surface area contributed by atoms with E-state index in [1.54, 1.807) is 11.1 Å². The summed E-state index contributed by atoms with van der Waals surface area (Å²) in [5, 5.41) is 9.59. The SMILES string of the molecule is Cc1ccccc1N(c1ccccc1)c1ccc2c3c(c4ccccc4c2c1)-c1ccc2cc(N(c4ccccc4)c4ccccc4[Si](C)(C)C)ccc2c1C3([Si](C)(C)C)[Si](C)(C)C. The summed E-state index contributed by atoms with van der Waals surface area (Å²) >= 11 is 0. The largest absolute Gasteiger partial charge is 0.311 e. The molecule has 5 heteroatoms. The average Bonchev–Trinajstić information content (AvgIpc) is 3.62. The summed E-state index contributed by atoms with van der Waals surface area (Å²) in [5.74, 6) is 0. The molecule has 0 heterocycles. The van der Waals surface area contributed by atoms with E-state index < -0.39 is 24.2 Å². The minimum atomic E-state index is -2.11. The van der Waals surface area contributed by atoms with E-state index in [1.165, 1.54) is 82.6 Å².